The zero-order valence-electron chi connectivity index (χ0n) is 16.1. The van der Waals surface area contributed by atoms with E-state index in [2.05, 4.69) is 10.6 Å². The maximum absolute atomic E-state index is 12.0. The van der Waals surface area contributed by atoms with Gasteiger partial charge in [-0.3, -0.25) is 14.9 Å². The Labute approximate surface area is 168 Å². The minimum absolute atomic E-state index is 0.0800. The van der Waals surface area contributed by atoms with Crippen molar-refractivity contribution in [1.82, 2.24) is 10.6 Å². The Kier molecular flexibility index (Phi) is 7.90. The first-order valence-electron chi connectivity index (χ1n) is 8.91. The number of ether oxygens (including phenoxy) is 2. The summed E-state index contributed by atoms with van der Waals surface area (Å²) in [5.74, 6) is -1.23. The van der Waals surface area contributed by atoms with Crippen LogP contribution >= 0.6 is 0 Å². The smallest absolute Gasteiger partial charge is 0.344 e. The molecule has 0 aromatic heterocycles. The summed E-state index contributed by atoms with van der Waals surface area (Å²) in [6.45, 7) is 2.63. The summed E-state index contributed by atoms with van der Waals surface area (Å²) in [4.78, 5) is 46.8. The Bertz CT molecular complexity index is 864. The summed E-state index contributed by atoms with van der Waals surface area (Å²) in [7, 11) is 0. The molecule has 0 aliphatic rings. The van der Waals surface area contributed by atoms with Gasteiger partial charge >= 0.3 is 12.0 Å². The van der Waals surface area contributed by atoms with Crippen LogP contribution in [0.15, 0.2) is 54.6 Å². The van der Waals surface area contributed by atoms with Gasteiger partial charge in [-0.25, -0.2) is 9.59 Å². The molecule has 0 radical (unpaired) electrons. The number of nitrogens with one attached hydrogen (secondary N) is 2. The second-order valence-electron chi connectivity index (χ2n) is 6.16. The number of esters is 1. The van der Waals surface area contributed by atoms with E-state index in [1.54, 1.807) is 24.3 Å². The highest BCUT2D eigenvalue weighted by atomic mass is 16.6. The minimum atomic E-state index is -1.17. The molecule has 2 N–H and O–H groups in total. The zero-order valence-corrected chi connectivity index (χ0v) is 16.1. The van der Waals surface area contributed by atoms with Gasteiger partial charge in [-0.05, 0) is 43.7 Å². The van der Waals surface area contributed by atoms with Crippen LogP contribution in [-0.2, 0) is 20.9 Å². The summed E-state index contributed by atoms with van der Waals surface area (Å²) in [6.07, 6.45) is -1.17. The fourth-order valence-corrected chi connectivity index (χ4v) is 2.25. The molecule has 8 nitrogen and oxygen atoms in total. The van der Waals surface area contributed by atoms with Crippen LogP contribution in [0.2, 0.25) is 0 Å². The maximum atomic E-state index is 12.0. The molecule has 8 heteroatoms. The van der Waals surface area contributed by atoms with E-state index in [0.717, 1.165) is 5.56 Å². The van der Waals surface area contributed by atoms with Crippen LogP contribution < -0.4 is 15.4 Å². The van der Waals surface area contributed by atoms with E-state index >= 15 is 0 Å². The van der Waals surface area contributed by atoms with Gasteiger partial charge in [-0.2, -0.15) is 0 Å². The Hall–Kier alpha value is -3.68. The van der Waals surface area contributed by atoms with Crippen molar-refractivity contribution in [3.8, 4) is 5.75 Å². The largest absolute Gasteiger partial charge is 0.482 e. The Balaban J connectivity index is 1.71. The topological polar surface area (TPSA) is 111 Å². The molecule has 29 heavy (non-hydrogen) atoms. The van der Waals surface area contributed by atoms with Crippen molar-refractivity contribution in [2.24, 2.45) is 0 Å². The lowest BCUT2D eigenvalue weighted by Crippen LogP contribution is -2.44. The van der Waals surface area contributed by atoms with E-state index < -0.39 is 30.6 Å². The van der Waals surface area contributed by atoms with Crippen molar-refractivity contribution in [3.63, 3.8) is 0 Å². The lowest BCUT2D eigenvalue weighted by molar-refractivity contribution is -0.156. The Morgan fingerprint density at radius 2 is 1.62 bits per heavy atom. The molecular formula is C21H22N2O6. The molecule has 0 heterocycles. The first kappa shape index (κ1) is 21.6. The monoisotopic (exact) mass is 398 g/mol. The van der Waals surface area contributed by atoms with E-state index in [1.165, 1.54) is 13.8 Å². The van der Waals surface area contributed by atoms with Crippen molar-refractivity contribution < 1.29 is 28.7 Å². The van der Waals surface area contributed by atoms with Gasteiger partial charge < -0.3 is 14.8 Å². The molecule has 2 rings (SSSR count). The van der Waals surface area contributed by atoms with E-state index in [4.69, 9.17) is 9.47 Å². The van der Waals surface area contributed by atoms with E-state index in [-0.39, 0.29) is 12.3 Å². The summed E-state index contributed by atoms with van der Waals surface area (Å²) in [5, 5.41) is 4.64. The van der Waals surface area contributed by atoms with Crippen LogP contribution in [0.25, 0.3) is 0 Å². The number of hydrogen-bond donors (Lipinski definition) is 2. The van der Waals surface area contributed by atoms with E-state index in [0.29, 0.717) is 11.3 Å². The molecule has 0 fully saturated rings. The normalized spacial score (nSPS) is 11.1. The van der Waals surface area contributed by atoms with Crippen LogP contribution in [0, 0.1) is 0 Å². The number of carbonyl (C=O) groups is 4. The summed E-state index contributed by atoms with van der Waals surface area (Å²) in [6, 6.07) is 14.8. The highest BCUT2D eigenvalue weighted by Gasteiger charge is 2.20. The fraction of sp³-hybridized carbons (Fsp3) is 0.238. The number of ketones is 1. The second kappa shape index (κ2) is 10.6. The summed E-state index contributed by atoms with van der Waals surface area (Å²) >= 11 is 0. The predicted molar refractivity (Wildman–Crippen MR) is 104 cm³/mol. The molecule has 0 saturated heterocycles. The third-order valence-corrected chi connectivity index (χ3v) is 3.83. The van der Waals surface area contributed by atoms with Gasteiger partial charge in [0.05, 0.1) is 0 Å². The van der Waals surface area contributed by atoms with Gasteiger partial charge in [0.15, 0.2) is 18.5 Å². The fourth-order valence-electron chi connectivity index (χ4n) is 2.25. The highest BCUT2D eigenvalue weighted by molar-refractivity contribution is 5.97. The Morgan fingerprint density at radius 3 is 2.24 bits per heavy atom. The molecule has 0 saturated carbocycles. The van der Waals surface area contributed by atoms with Crippen LogP contribution in [0.4, 0.5) is 4.79 Å². The summed E-state index contributed by atoms with van der Waals surface area (Å²) < 4.78 is 10.2. The number of urea groups is 1. The van der Waals surface area contributed by atoms with Gasteiger partial charge in [0.2, 0.25) is 0 Å². The lowest BCUT2D eigenvalue weighted by Gasteiger charge is -2.14. The van der Waals surface area contributed by atoms with Crippen LogP contribution in [0.1, 0.15) is 29.8 Å². The Morgan fingerprint density at radius 1 is 0.966 bits per heavy atom. The van der Waals surface area contributed by atoms with E-state index in [9.17, 15) is 19.2 Å². The third-order valence-electron chi connectivity index (χ3n) is 3.83. The van der Waals surface area contributed by atoms with Crippen molar-refractivity contribution in [3.05, 3.63) is 65.7 Å². The lowest BCUT2D eigenvalue weighted by atomic mass is 10.1. The number of amides is 3. The van der Waals surface area contributed by atoms with E-state index in [1.807, 2.05) is 30.3 Å². The van der Waals surface area contributed by atoms with Gasteiger partial charge in [0.1, 0.15) is 5.75 Å². The number of benzene rings is 2. The molecule has 2 aromatic carbocycles. The number of rotatable bonds is 8. The number of carbonyl (C=O) groups excluding carboxylic acids is 4. The average molecular weight is 398 g/mol. The van der Waals surface area contributed by atoms with Crippen molar-refractivity contribution in [2.45, 2.75) is 26.5 Å². The number of Topliss-reactive ketones (excluding diaryl/α,β-unsaturated/α-hetero) is 1. The highest BCUT2D eigenvalue weighted by Crippen LogP contribution is 2.12. The molecule has 3 amide bonds. The molecule has 1 atom stereocenters. The molecule has 152 valence electrons. The first-order valence-corrected chi connectivity index (χ1v) is 8.91. The molecule has 0 spiro atoms. The third kappa shape index (κ3) is 7.45. The van der Waals surface area contributed by atoms with Crippen LogP contribution in [0.3, 0.4) is 0 Å². The van der Waals surface area contributed by atoms with Gasteiger partial charge in [0, 0.05) is 12.1 Å². The zero-order chi connectivity index (χ0) is 21.2. The van der Waals surface area contributed by atoms with Gasteiger partial charge in [0.25, 0.3) is 5.91 Å². The molecular weight excluding hydrogens is 376 g/mol. The van der Waals surface area contributed by atoms with Crippen LogP contribution in [0.5, 0.6) is 5.75 Å². The number of imide groups is 1. The van der Waals surface area contributed by atoms with Gasteiger partial charge in [-0.1, -0.05) is 30.3 Å². The summed E-state index contributed by atoms with van der Waals surface area (Å²) in [5.41, 5.74) is 1.40. The molecule has 2 aromatic rings. The van der Waals surface area contributed by atoms with Crippen molar-refractivity contribution >= 4 is 23.7 Å². The molecule has 0 aliphatic carbocycles. The predicted octanol–water partition coefficient (Wildman–Crippen LogP) is 2.23. The minimum Gasteiger partial charge on any atom is -0.482 e. The van der Waals surface area contributed by atoms with Crippen molar-refractivity contribution in [2.75, 3.05) is 6.61 Å². The number of hydrogen-bond acceptors (Lipinski definition) is 6. The SMILES string of the molecule is CC(=O)c1ccc(OCC(=O)O[C@@H](C)C(=O)NC(=O)NCc2ccccc2)cc1. The first-order chi connectivity index (χ1) is 13.8. The van der Waals surface area contributed by atoms with Crippen LogP contribution in [-0.4, -0.2) is 36.4 Å². The quantitative estimate of drug-likeness (QED) is 0.521. The average Bonchev–Trinajstić information content (AvgIpc) is 2.71. The molecule has 0 unspecified atom stereocenters. The maximum Gasteiger partial charge on any atom is 0.344 e. The van der Waals surface area contributed by atoms with Crippen molar-refractivity contribution in [1.29, 1.82) is 0 Å². The molecule has 0 aliphatic heterocycles. The molecule has 0 bridgehead atoms. The standard InChI is InChI=1S/C21H22N2O6/c1-14(24)17-8-10-18(11-9-17)28-13-19(25)29-15(2)20(26)23-21(27)22-12-16-6-4-3-5-7-16/h3-11,15H,12-13H2,1-2H3,(H2,22,23,26,27)/t15-/m0/s1. The second-order valence-corrected chi connectivity index (χ2v) is 6.16. The van der Waals surface area contributed by atoms with Gasteiger partial charge in [-0.15, -0.1) is 0 Å².